The molecular weight excluding hydrogens is 190 g/mol. The fourth-order valence-electron chi connectivity index (χ4n) is 1.82. The van der Waals surface area contributed by atoms with E-state index in [1.54, 1.807) is 11.3 Å². The summed E-state index contributed by atoms with van der Waals surface area (Å²) in [5.41, 5.74) is 0. The normalized spacial score (nSPS) is 23.9. The van der Waals surface area contributed by atoms with E-state index in [0.29, 0.717) is 6.04 Å². The van der Waals surface area contributed by atoms with E-state index in [1.165, 1.54) is 37.1 Å². The molecule has 1 aromatic heterocycles. The number of thiophene rings is 1. The molecule has 0 saturated carbocycles. The van der Waals surface area contributed by atoms with Gasteiger partial charge in [-0.25, -0.2) is 0 Å². The van der Waals surface area contributed by atoms with E-state index in [0.717, 1.165) is 0 Å². The number of hydrogen-bond donors (Lipinski definition) is 1. The van der Waals surface area contributed by atoms with E-state index < -0.39 is 0 Å². The molecule has 2 heteroatoms. The lowest BCUT2D eigenvalue weighted by Gasteiger charge is -2.09. The predicted molar refractivity (Wildman–Crippen MR) is 63.6 cm³/mol. The van der Waals surface area contributed by atoms with Gasteiger partial charge in [0.15, 0.2) is 0 Å². The van der Waals surface area contributed by atoms with Gasteiger partial charge in [0.2, 0.25) is 0 Å². The predicted octanol–water partition coefficient (Wildman–Crippen LogP) is 3.29. The molecule has 2 rings (SSSR count). The Morgan fingerprint density at radius 3 is 3.21 bits per heavy atom. The minimum atomic E-state index is 0.597. The topological polar surface area (TPSA) is 12.0 Å². The summed E-state index contributed by atoms with van der Waals surface area (Å²) < 4.78 is 0. The molecule has 2 heterocycles. The van der Waals surface area contributed by atoms with Crippen molar-refractivity contribution >= 4 is 17.4 Å². The van der Waals surface area contributed by atoms with Gasteiger partial charge in [-0.15, -0.1) is 11.3 Å². The van der Waals surface area contributed by atoms with Crippen molar-refractivity contribution in [2.75, 3.05) is 6.54 Å². The van der Waals surface area contributed by atoms with Crippen molar-refractivity contribution < 1.29 is 0 Å². The average molecular weight is 207 g/mol. The van der Waals surface area contributed by atoms with E-state index in [1.807, 2.05) is 0 Å². The van der Waals surface area contributed by atoms with E-state index in [2.05, 4.69) is 35.0 Å². The van der Waals surface area contributed by atoms with Crippen molar-refractivity contribution in [1.29, 1.82) is 0 Å². The SMILES string of the molecule is C(=C\[C@@H]1CCCCCN1)/c1cccs1. The van der Waals surface area contributed by atoms with Gasteiger partial charge < -0.3 is 5.32 Å². The lowest BCUT2D eigenvalue weighted by atomic mass is 10.1. The summed E-state index contributed by atoms with van der Waals surface area (Å²) >= 11 is 1.80. The summed E-state index contributed by atoms with van der Waals surface area (Å²) in [6.07, 6.45) is 9.94. The van der Waals surface area contributed by atoms with Crippen LogP contribution in [0.5, 0.6) is 0 Å². The summed E-state index contributed by atoms with van der Waals surface area (Å²) in [7, 11) is 0. The first-order chi connectivity index (χ1) is 6.95. The van der Waals surface area contributed by atoms with Crippen LogP contribution in [0.25, 0.3) is 6.08 Å². The van der Waals surface area contributed by atoms with E-state index in [-0.39, 0.29) is 0 Å². The fraction of sp³-hybridized carbons (Fsp3) is 0.500. The molecule has 0 aliphatic carbocycles. The van der Waals surface area contributed by atoms with Gasteiger partial charge >= 0.3 is 0 Å². The van der Waals surface area contributed by atoms with Crippen LogP contribution >= 0.6 is 11.3 Å². The van der Waals surface area contributed by atoms with Gasteiger partial charge in [-0.2, -0.15) is 0 Å². The lowest BCUT2D eigenvalue weighted by Crippen LogP contribution is -2.25. The van der Waals surface area contributed by atoms with Gasteiger partial charge in [0.1, 0.15) is 0 Å². The van der Waals surface area contributed by atoms with E-state index >= 15 is 0 Å². The first kappa shape index (κ1) is 9.94. The van der Waals surface area contributed by atoms with Gasteiger partial charge in [-0.1, -0.05) is 25.0 Å². The Bertz CT molecular complexity index is 269. The molecule has 76 valence electrons. The molecule has 1 N–H and O–H groups in total. The van der Waals surface area contributed by atoms with E-state index in [4.69, 9.17) is 0 Å². The molecule has 1 nitrogen and oxygen atoms in total. The summed E-state index contributed by atoms with van der Waals surface area (Å²) in [5.74, 6) is 0. The maximum absolute atomic E-state index is 3.56. The molecule has 1 atom stereocenters. The molecular formula is C12H17NS. The maximum atomic E-state index is 3.56. The smallest absolute Gasteiger partial charge is 0.0267 e. The van der Waals surface area contributed by atoms with Crippen LogP contribution < -0.4 is 5.32 Å². The highest BCUT2D eigenvalue weighted by molar-refractivity contribution is 7.10. The molecule has 1 aromatic rings. The van der Waals surface area contributed by atoms with Crippen LogP contribution in [0.15, 0.2) is 23.6 Å². The first-order valence-electron chi connectivity index (χ1n) is 5.40. The molecule has 0 aromatic carbocycles. The van der Waals surface area contributed by atoms with Crippen molar-refractivity contribution in [3.05, 3.63) is 28.5 Å². The Morgan fingerprint density at radius 1 is 1.36 bits per heavy atom. The summed E-state index contributed by atoms with van der Waals surface area (Å²) in [4.78, 5) is 1.36. The van der Waals surface area contributed by atoms with Crippen molar-refractivity contribution in [1.82, 2.24) is 5.32 Å². The highest BCUT2D eigenvalue weighted by Gasteiger charge is 2.07. The Hall–Kier alpha value is -0.600. The molecule has 0 unspecified atom stereocenters. The Labute approximate surface area is 89.8 Å². The third-order valence-electron chi connectivity index (χ3n) is 2.63. The van der Waals surface area contributed by atoms with Gasteiger partial charge in [-0.3, -0.25) is 0 Å². The zero-order valence-electron chi connectivity index (χ0n) is 8.41. The third-order valence-corrected chi connectivity index (χ3v) is 3.47. The van der Waals surface area contributed by atoms with Gasteiger partial charge in [-0.05, 0) is 36.9 Å². The Morgan fingerprint density at radius 2 is 2.36 bits per heavy atom. The van der Waals surface area contributed by atoms with Crippen molar-refractivity contribution in [2.24, 2.45) is 0 Å². The molecule has 1 fully saturated rings. The third kappa shape index (κ3) is 2.96. The van der Waals surface area contributed by atoms with Crippen molar-refractivity contribution in [3.8, 4) is 0 Å². The molecule has 1 aliphatic heterocycles. The molecule has 0 spiro atoms. The highest BCUT2D eigenvalue weighted by atomic mass is 32.1. The van der Waals surface area contributed by atoms with Crippen molar-refractivity contribution in [2.45, 2.75) is 31.7 Å². The Kier molecular flexibility index (Phi) is 3.78. The van der Waals surface area contributed by atoms with Crippen LogP contribution in [0.4, 0.5) is 0 Å². The number of nitrogens with one attached hydrogen (secondary N) is 1. The second kappa shape index (κ2) is 5.32. The molecule has 14 heavy (non-hydrogen) atoms. The molecule has 0 bridgehead atoms. The minimum absolute atomic E-state index is 0.597. The van der Waals surface area contributed by atoms with Crippen LogP contribution in [0.2, 0.25) is 0 Å². The van der Waals surface area contributed by atoms with Crippen LogP contribution in [0.3, 0.4) is 0 Å². The Balaban J connectivity index is 1.89. The second-order valence-corrected chi connectivity index (χ2v) is 4.76. The molecule has 1 aliphatic rings. The van der Waals surface area contributed by atoms with E-state index in [9.17, 15) is 0 Å². The van der Waals surface area contributed by atoms with Crippen LogP contribution in [-0.4, -0.2) is 12.6 Å². The first-order valence-corrected chi connectivity index (χ1v) is 6.28. The fourth-order valence-corrected chi connectivity index (χ4v) is 2.45. The van der Waals surface area contributed by atoms with Crippen LogP contribution in [-0.2, 0) is 0 Å². The number of rotatable bonds is 2. The summed E-state index contributed by atoms with van der Waals surface area (Å²) in [5, 5.41) is 5.69. The molecule has 0 radical (unpaired) electrons. The quantitative estimate of drug-likeness (QED) is 0.784. The highest BCUT2D eigenvalue weighted by Crippen LogP contribution is 2.14. The summed E-state index contributed by atoms with van der Waals surface area (Å²) in [6.45, 7) is 1.18. The van der Waals surface area contributed by atoms with Gasteiger partial charge in [0.25, 0.3) is 0 Å². The average Bonchev–Trinajstić information content (AvgIpc) is 2.58. The zero-order valence-corrected chi connectivity index (χ0v) is 9.22. The summed E-state index contributed by atoms with van der Waals surface area (Å²) in [6, 6.07) is 4.86. The van der Waals surface area contributed by atoms with Crippen LogP contribution in [0.1, 0.15) is 30.6 Å². The zero-order chi connectivity index (χ0) is 9.64. The van der Waals surface area contributed by atoms with Crippen LogP contribution in [0, 0.1) is 0 Å². The van der Waals surface area contributed by atoms with Gasteiger partial charge in [0.05, 0.1) is 0 Å². The lowest BCUT2D eigenvalue weighted by molar-refractivity contribution is 0.599. The monoisotopic (exact) mass is 207 g/mol. The van der Waals surface area contributed by atoms with Gasteiger partial charge in [0, 0.05) is 10.9 Å². The molecule has 1 saturated heterocycles. The van der Waals surface area contributed by atoms with Crippen molar-refractivity contribution in [3.63, 3.8) is 0 Å². The standard InChI is InChI=1S/C12H17NS/c1-2-5-11(13-9-3-1)7-8-12-6-4-10-14-12/h4,6-8,10-11,13H,1-3,5,9H2/b8-7+/t11-/m0/s1. The minimum Gasteiger partial charge on any atom is -0.311 e. The maximum Gasteiger partial charge on any atom is 0.0267 e. The second-order valence-electron chi connectivity index (χ2n) is 3.78. The largest absolute Gasteiger partial charge is 0.311 e. The molecule has 0 amide bonds. The number of hydrogen-bond acceptors (Lipinski definition) is 2.